The van der Waals surface area contributed by atoms with Crippen molar-refractivity contribution in [3.05, 3.63) is 107 Å². The van der Waals surface area contributed by atoms with E-state index in [-0.39, 0.29) is 24.8 Å². The molecule has 0 radical (unpaired) electrons. The fourth-order valence-electron chi connectivity index (χ4n) is 3.62. The minimum Gasteiger partial charge on any atom is -0.392 e. The summed E-state index contributed by atoms with van der Waals surface area (Å²) in [5.74, 6) is 0.331. The molecule has 1 aliphatic heterocycles. The predicted octanol–water partition coefficient (Wildman–Crippen LogP) is 3.84. The maximum atomic E-state index is 13.0. The number of carbonyl (C=O) groups excluding carboxylic acids is 2. The number of aliphatic hydroxyl groups excluding tert-OH is 1. The van der Waals surface area contributed by atoms with Crippen molar-refractivity contribution in [2.24, 2.45) is 4.99 Å². The van der Waals surface area contributed by atoms with Gasteiger partial charge in [0.1, 0.15) is 11.5 Å². The number of carbonyl (C=O) groups is 2. The highest BCUT2D eigenvalue weighted by Crippen LogP contribution is 2.25. The number of hydrogen-bond donors (Lipinski definition) is 2. The molecular formula is C27H25N3O3. The van der Waals surface area contributed by atoms with Gasteiger partial charge in [0.05, 0.1) is 18.7 Å². The van der Waals surface area contributed by atoms with E-state index < -0.39 is 0 Å². The third kappa shape index (κ3) is 5.42. The second-order valence-electron chi connectivity index (χ2n) is 7.83. The molecule has 1 aliphatic rings. The summed E-state index contributed by atoms with van der Waals surface area (Å²) >= 11 is 0. The van der Waals surface area contributed by atoms with Gasteiger partial charge in [-0.15, -0.1) is 0 Å². The molecule has 3 aromatic rings. The van der Waals surface area contributed by atoms with Crippen LogP contribution in [0.3, 0.4) is 0 Å². The lowest BCUT2D eigenvalue weighted by atomic mass is 10.1. The molecule has 0 aromatic heterocycles. The molecule has 2 N–H and O–H groups in total. The van der Waals surface area contributed by atoms with Crippen LogP contribution in [0.25, 0.3) is 6.08 Å². The van der Waals surface area contributed by atoms with Crippen molar-refractivity contribution < 1.29 is 14.7 Å². The number of amides is 2. The van der Waals surface area contributed by atoms with Crippen LogP contribution in [0.1, 0.15) is 29.2 Å². The summed E-state index contributed by atoms with van der Waals surface area (Å²) in [5, 5.41) is 12.1. The van der Waals surface area contributed by atoms with E-state index in [2.05, 4.69) is 10.3 Å². The number of aliphatic imine (C=N–C) groups is 1. The molecule has 1 heterocycles. The normalized spacial score (nSPS) is 14.5. The zero-order chi connectivity index (χ0) is 23.2. The summed E-state index contributed by atoms with van der Waals surface area (Å²) in [6.07, 6.45) is 2.00. The van der Waals surface area contributed by atoms with E-state index in [1.165, 1.54) is 0 Å². The van der Waals surface area contributed by atoms with Crippen molar-refractivity contribution in [2.45, 2.75) is 26.5 Å². The van der Waals surface area contributed by atoms with Crippen LogP contribution >= 0.6 is 0 Å². The molecule has 4 rings (SSSR count). The minimum absolute atomic E-state index is 0.0223. The molecule has 0 saturated heterocycles. The molecule has 0 aliphatic carbocycles. The van der Waals surface area contributed by atoms with Gasteiger partial charge in [-0.05, 0) is 47.4 Å². The number of benzene rings is 3. The van der Waals surface area contributed by atoms with Crippen molar-refractivity contribution in [1.29, 1.82) is 0 Å². The number of rotatable bonds is 7. The zero-order valence-corrected chi connectivity index (χ0v) is 18.4. The minimum atomic E-state index is -0.202. The van der Waals surface area contributed by atoms with Crippen LogP contribution in [-0.4, -0.2) is 22.8 Å². The quantitative estimate of drug-likeness (QED) is 0.549. The van der Waals surface area contributed by atoms with Crippen LogP contribution < -0.4 is 10.2 Å². The van der Waals surface area contributed by atoms with Gasteiger partial charge < -0.3 is 10.4 Å². The van der Waals surface area contributed by atoms with E-state index in [0.717, 1.165) is 22.3 Å². The van der Waals surface area contributed by atoms with Crippen LogP contribution in [0.5, 0.6) is 0 Å². The van der Waals surface area contributed by atoms with Gasteiger partial charge in [-0.1, -0.05) is 66.7 Å². The average molecular weight is 440 g/mol. The number of nitrogens with zero attached hydrogens (tertiary/aromatic N) is 2. The molecule has 2 amide bonds. The van der Waals surface area contributed by atoms with Crippen molar-refractivity contribution in [3.63, 3.8) is 0 Å². The van der Waals surface area contributed by atoms with Crippen LogP contribution in [0.4, 0.5) is 5.69 Å². The summed E-state index contributed by atoms with van der Waals surface area (Å²) in [4.78, 5) is 31.2. The van der Waals surface area contributed by atoms with E-state index in [0.29, 0.717) is 23.8 Å². The van der Waals surface area contributed by atoms with Crippen LogP contribution in [0.15, 0.2) is 89.6 Å². The molecule has 166 valence electrons. The van der Waals surface area contributed by atoms with Crippen LogP contribution in [0.2, 0.25) is 0 Å². The maximum absolute atomic E-state index is 13.0. The number of aliphatic hydroxyl groups is 1. The topological polar surface area (TPSA) is 82.0 Å². The van der Waals surface area contributed by atoms with Gasteiger partial charge in [-0.3, -0.25) is 14.5 Å². The Bertz CT molecular complexity index is 1200. The lowest BCUT2D eigenvalue weighted by Gasteiger charge is -2.16. The summed E-state index contributed by atoms with van der Waals surface area (Å²) < 4.78 is 0. The highest BCUT2D eigenvalue weighted by atomic mass is 16.3. The van der Waals surface area contributed by atoms with E-state index >= 15 is 0 Å². The van der Waals surface area contributed by atoms with Gasteiger partial charge in [0.25, 0.3) is 5.91 Å². The second-order valence-corrected chi connectivity index (χ2v) is 7.83. The van der Waals surface area contributed by atoms with Gasteiger partial charge in [-0.2, -0.15) is 0 Å². The monoisotopic (exact) mass is 439 g/mol. The second kappa shape index (κ2) is 10.1. The Morgan fingerprint density at radius 3 is 2.27 bits per heavy atom. The SMILES string of the molecule is CC1=N/C(=C\c2ccc(CO)cc2)C(=O)N1c1ccc(CC(=O)NCc2ccccc2)cc1. The molecule has 6 nitrogen and oxygen atoms in total. The average Bonchev–Trinajstić information content (AvgIpc) is 3.12. The summed E-state index contributed by atoms with van der Waals surface area (Å²) in [6, 6.07) is 24.5. The number of amidine groups is 1. The van der Waals surface area contributed by atoms with Crippen LogP contribution in [0, 0.1) is 0 Å². The third-order valence-electron chi connectivity index (χ3n) is 5.39. The number of hydrogen-bond acceptors (Lipinski definition) is 4. The Morgan fingerprint density at radius 1 is 0.939 bits per heavy atom. The molecule has 3 aromatic carbocycles. The fourth-order valence-corrected chi connectivity index (χ4v) is 3.62. The molecule has 0 fully saturated rings. The molecule has 6 heteroatoms. The molecule has 0 bridgehead atoms. The van der Waals surface area contributed by atoms with Crippen LogP contribution in [-0.2, 0) is 29.2 Å². The third-order valence-corrected chi connectivity index (χ3v) is 5.39. The molecular weight excluding hydrogens is 414 g/mol. The predicted molar refractivity (Wildman–Crippen MR) is 129 cm³/mol. The Kier molecular flexibility index (Phi) is 6.76. The van der Waals surface area contributed by atoms with Gasteiger partial charge >= 0.3 is 0 Å². The molecule has 0 atom stereocenters. The van der Waals surface area contributed by atoms with Gasteiger partial charge in [-0.25, -0.2) is 4.99 Å². The lowest BCUT2D eigenvalue weighted by Crippen LogP contribution is -2.30. The molecule has 0 saturated carbocycles. The first-order chi connectivity index (χ1) is 16.0. The fraction of sp³-hybridized carbons (Fsp3) is 0.148. The van der Waals surface area contributed by atoms with Crippen molar-refractivity contribution >= 4 is 29.4 Å². The van der Waals surface area contributed by atoms with E-state index in [1.807, 2.05) is 78.9 Å². The van der Waals surface area contributed by atoms with Gasteiger partial charge in [0, 0.05) is 6.54 Å². The number of anilines is 1. The standard InChI is InChI=1S/C27H25N3O3/c1-19-29-25(15-20-7-9-23(18-31)10-8-20)27(33)30(19)24-13-11-21(12-14-24)16-26(32)28-17-22-5-3-2-4-6-22/h2-15,31H,16-18H2,1H3,(H,28,32)/b25-15-. The first-order valence-electron chi connectivity index (χ1n) is 10.7. The van der Waals surface area contributed by atoms with E-state index in [4.69, 9.17) is 0 Å². The van der Waals surface area contributed by atoms with E-state index in [1.54, 1.807) is 17.9 Å². The Labute approximate surface area is 192 Å². The summed E-state index contributed by atoms with van der Waals surface area (Å²) in [5.41, 5.74) is 4.63. The number of nitrogens with one attached hydrogen (secondary N) is 1. The Hall–Kier alpha value is -4.03. The first kappa shape index (κ1) is 22.2. The highest BCUT2D eigenvalue weighted by Gasteiger charge is 2.28. The largest absolute Gasteiger partial charge is 0.392 e. The zero-order valence-electron chi connectivity index (χ0n) is 18.4. The molecule has 0 spiro atoms. The van der Waals surface area contributed by atoms with Crippen molar-refractivity contribution in [3.8, 4) is 0 Å². The van der Waals surface area contributed by atoms with Gasteiger partial charge in [0.2, 0.25) is 5.91 Å². The van der Waals surface area contributed by atoms with Gasteiger partial charge in [0.15, 0.2) is 0 Å². The highest BCUT2D eigenvalue weighted by molar-refractivity contribution is 6.28. The van der Waals surface area contributed by atoms with E-state index in [9.17, 15) is 14.7 Å². The van der Waals surface area contributed by atoms with Crippen molar-refractivity contribution in [1.82, 2.24) is 5.32 Å². The Morgan fingerprint density at radius 2 is 1.61 bits per heavy atom. The summed E-state index contributed by atoms with van der Waals surface area (Å²) in [7, 11) is 0. The smallest absolute Gasteiger partial charge is 0.282 e. The first-order valence-corrected chi connectivity index (χ1v) is 10.7. The molecule has 33 heavy (non-hydrogen) atoms. The Balaban J connectivity index is 1.39. The lowest BCUT2D eigenvalue weighted by molar-refractivity contribution is -0.120. The molecule has 0 unspecified atom stereocenters. The summed E-state index contributed by atoms with van der Waals surface area (Å²) in [6.45, 7) is 2.26. The maximum Gasteiger partial charge on any atom is 0.282 e. The van der Waals surface area contributed by atoms with Crippen molar-refractivity contribution in [2.75, 3.05) is 4.90 Å².